The van der Waals surface area contributed by atoms with Gasteiger partial charge in [-0.1, -0.05) is 6.92 Å². The quantitative estimate of drug-likeness (QED) is 0.713. The Morgan fingerprint density at radius 2 is 2.15 bits per heavy atom. The fourth-order valence-electron chi connectivity index (χ4n) is 2.71. The summed E-state index contributed by atoms with van der Waals surface area (Å²) in [5, 5.41) is 14.8. The van der Waals surface area contributed by atoms with Gasteiger partial charge in [-0.05, 0) is 23.6 Å². The minimum Gasteiger partial charge on any atom is -0.453 e. The maximum Gasteiger partial charge on any atom is 0.412 e. The van der Waals surface area contributed by atoms with E-state index < -0.39 is 6.09 Å². The van der Waals surface area contributed by atoms with Gasteiger partial charge in [-0.3, -0.25) is 5.32 Å². The third-order valence-electron chi connectivity index (χ3n) is 4.16. The molecule has 3 aromatic heterocycles. The van der Waals surface area contributed by atoms with Crippen LogP contribution in [0.3, 0.4) is 0 Å². The van der Waals surface area contributed by atoms with Gasteiger partial charge in [0.05, 0.1) is 19.0 Å². The summed E-state index contributed by atoms with van der Waals surface area (Å²) in [5.41, 5.74) is 3.80. The van der Waals surface area contributed by atoms with Crippen molar-refractivity contribution in [2.24, 2.45) is 7.05 Å². The van der Waals surface area contributed by atoms with Crippen molar-refractivity contribution in [3.63, 3.8) is 0 Å². The van der Waals surface area contributed by atoms with E-state index in [9.17, 15) is 4.79 Å². The van der Waals surface area contributed by atoms with Crippen molar-refractivity contribution >= 4 is 28.8 Å². The molecule has 0 aliphatic heterocycles. The van der Waals surface area contributed by atoms with Crippen LogP contribution in [0.4, 0.5) is 16.4 Å². The second-order valence-electron chi connectivity index (χ2n) is 5.85. The molecule has 1 amide bonds. The first-order chi connectivity index (χ1) is 13.0. The van der Waals surface area contributed by atoms with Crippen molar-refractivity contribution in [3.05, 3.63) is 41.5 Å². The summed E-state index contributed by atoms with van der Waals surface area (Å²) in [5.74, 6) is 0.889. The molecule has 0 aliphatic carbocycles. The lowest BCUT2D eigenvalue weighted by Crippen LogP contribution is -2.14. The zero-order valence-electron chi connectivity index (χ0n) is 15.3. The second kappa shape index (κ2) is 7.70. The molecule has 138 valence electrons. The maximum absolute atomic E-state index is 11.6. The Balaban J connectivity index is 1.90. The molecule has 3 rings (SSSR count). The van der Waals surface area contributed by atoms with E-state index in [0.29, 0.717) is 29.4 Å². The summed E-state index contributed by atoms with van der Waals surface area (Å²) in [4.78, 5) is 24.4. The number of carbonyl (C=O) groups excluding carboxylic acids is 1. The van der Waals surface area contributed by atoms with E-state index in [4.69, 9.17) is 5.26 Å². The third kappa shape index (κ3) is 3.79. The number of nitriles is 1. The Morgan fingerprint density at radius 3 is 2.85 bits per heavy atom. The molecular weight excluding hydrogens is 346 g/mol. The van der Waals surface area contributed by atoms with Gasteiger partial charge >= 0.3 is 6.09 Å². The number of anilines is 2. The number of nitrogens with one attached hydrogen (secondary N) is 2. The molecule has 9 nitrogen and oxygen atoms in total. The van der Waals surface area contributed by atoms with Crippen molar-refractivity contribution in [3.8, 4) is 6.07 Å². The molecule has 0 aromatic carbocycles. The van der Waals surface area contributed by atoms with Crippen molar-refractivity contribution in [2.45, 2.75) is 19.9 Å². The first kappa shape index (κ1) is 18.1. The van der Waals surface area contributed by atoms with Gasteiger partial charge in [0.15, 0.2) is 5.82 Å². The molecule has 0 bridgehead atoms. The van der Waals surface area contributed by atoms with Crippen LogP contribution in [0.5, 0.6) is 0 Å². The molecule has 0 saturated carbocycles. The van der Waals surface area contributed by atoms with Crippen molar-refractivity contribution in [1.82, 2.24) is 19.5 Å². The van der Waals surface area contributed by atoms with Crippen LogP contribution in [0.15, 0.2) is 24.7 Å². The van der Waals surface area contributed by atoms with Gasteiger partial charge in [0, 0.05) is 25.9 Å². The zero-order chi connectivity index (χ0) is 19.4. The maximum atomic E-state index is 11.6. The summed E-state index contributed by atoms with van der Waals surface area (Å²) >= 11 is 0. The van der Waals surface area contributed by atoms with Crippen LogP contribution in [0, 0.1) is 11.3 Å². The fraction of sp³-hybridized carbons (Fsp3) is 0.278. The number of rotatable bonds is 5. The van der Waals surface area contributed by atoms with E-state index >= 15 is 0 Å². The third-order valence-corrected chi connectivity index (χ3v) is 4.16. The minimum absolute atomic E-state index is 0.316. The summed E-state index contributed by atoms with van der Waals surface area (Å²) in [7, 11) is 3.15. The number of fused-ring (bicyclic) bond motifs is 1. The number of hydrogen-bond acceptors (Lipinski definition) is 7. The van der Waals surface area contributed by atoms with Gasteiger partial charge in [0.2, 0.25) is 0 Å². The first-order valence-corrected chi connectivity index (χ1v) is 8.34. The van der Waals surface area contributed by atoms with Gasteiger partial charge in [-0.25, -0.2) is 19.7 Å². The second-order valence-corrected chi connectivity index (χ2v) is 5.85. The van der Waals surface area contributed by atoms with Crippen LogP contribution in [0.25, 0.3) is 11.0 Å². The molecule has 3 heterocycles. The number of aromatic nitrogens is 4. The number of ether oxygens (including phenoxy) is 1. The zero-order valence-corrected chi connectivity index (χ0v) is 15.3. The van der Waals surface area contributed by atoms with Crippen LogP contribution < -0.4 is 10.6 Å². The SMILES string of the molecule is CCc1cc(C#N)ncc1CNc1cc2c(ncn2C)c(NC(=O)OC)n1. The molecule has 9 heteroatoms. The van der Waals surface area contributed by atoms with Crippen molar-refractivity contribution in [1.29, 1.82) is 5.26 Å². The predicted octanol–water partition coefficient (Wildman–Crippen LogP) is 2.59. The highest BCUT2D eigenvalue weighted by atomic mass is 16.5. The molecule has 27 heavy (non-hydrogen) atoms. The average molecular weight is 365 g/mol. The molecule has 0 spiro atoms. The lowest BCUT2D eigenvalue weighted by Gasteiger charge is -2.12. The highest BCUT2D eigenvalue weighted by molar-refractivity contribution is 5.96. The first-order valence-electron chi connectivity index (χ1n) is 8.34. The molecule has 0 fully saturated rings. The topological polar surface area (TPSA) is 118 Å². The Labute approximate surface area is 156 Å². The Kier molecular flexibility index (Phi) is 5.17. The number of methoxy groups -OCH3 is 1. The van der Waals surface area contributed by atoms with Gasteiger partial charge < -0.3 is 14.6 Å². The number of imidazole rings is 1. The van der Waals surface area contributed by atoms with Crippen LogP contribution in [0.2, 0.25) is 0 Å². The molecule has 0 unspecified atom stereocenters. The van der Waals surface area contributed by atoms with E-state index in [1.807, 2.05) is 24.6 Å². The van der Waals surface area contributed by atoms with Crippen LogP contribution in [-0.4, -0.2) is 32.7 Å². The van der Waals surface area contributed by atoms with Crippen molar-refractivity contribution < 1.29 is 9.53 Å². The molecule has 3 aromatic rings. The molecule has 0 radical (unpaired) electrons. The number of hydrogen-bond donors (Lipinski definition) is 2. The largest absolute Gasteiger partial charge is 0.453 e. The van der Waals surface area contributed by atoms with E-state index in [-0.39, 0.29) is 0 Å². The van der Waals surface area contributed by atoms with Gasteiger partial charge in [-0.15, -0.1) is 0 Å². The van der Waals surface area contributed by atoms with E-state index in [2.05, 4.69) is 36.4 Å². The highest BCUT2D eigenvalue weighted by Crippen LogP contribution is 2.24. The number of aryl methyl sites for hydroxylation is 2. The molecule has 0 aliphatic rings. The minimum atomic E-state index is -0.615. The van der Waals surface area contributed by atoms with Gasteiger partial charge in [-0.2, -0.15) is 5.26 Å². The van der Waals surface area contributed by atoms with Crippen LogP contribution >= 0.6 is 0 Å². The normalized spacial score (nSPS) is 10.4. The summed E-state index contributed by atoms with van der Waals surface area (Å²) < 4.78 is 6.49. The lowest BCUT2D eigenvalue weighted by atomic mass is 10.1. The van der Waals surface area contributed by atoms with Crippen molar-refractivity contribution in [2.75, 3.05) is 17.7 Å². The van der Waals surface area contributed by atoms with Gasteiger partial charge in [0.1, 0.15) is 23.1 Å². The molecule has 0 atom stereocenters. The van der Waals surface area contributed by atoms with E-state index in [1.54, 1.807) is 18.6 Å². The Bertz CT molecular complexity index is 1040. The molecule has 2 N–H and O–H groups in total. The van der Waals surface area contributed by atoms with Gasteiger partial charge in [0.25, 0.3) is 0 Å². The number of nitrogens with zero attached hydrogens (tertiary/aromatic N) is 5. The average Bonchev–Trinajstić information content (AvgIpc) is 3.07. The predicted molar refractivity (Wildman–Crippen MR) is 100 cm³/mol. The summed E-state index contributed by atoms with van der Waals surface area (Å²) in [6.07, 6.45) is 3.52. The molecule has 0 saturated heterocycles. The smallest absolute Gasteiger partial charge is 0.412 e. The summed E-state index contributed by atoms with van der Waals surface area (Å²) in [6.45, 7) is 2.51. The lowest BCUT2D eigenvalue weighted by molar-refractivity contribution is 0.187. The van der Waals surface area contributed by atoms with Crippen LogP contribution in [0.1, 0.15) is 23.7 Å². The van der Waals surface area contributed by atoms with E-state index in [1.165, 1.54) is 7.11 Å². The fourth-order valence-corrected chi connectivity index (χ4v) is 2.71. The van der Waals surface area contributed by atoms with Crippen LogP contribution in [-0.2, 0) is 24.8 Å². The number of carbonyl (C=O) groups is 1. The number of amides is 1. The summed E-state index contributed by atoms with van der Waals surface area (Å²) in [6, 6.07) is 5.70. The van der Waals surface area contributed by atoms with E-state index in [0.717, 1.165) is 23.1 Å². The Hall–Kier alpha value is -3.67. The Morgan fingerprint density at radius 1 is 1.33 bits per heavy atom. The standard InChI is InChI=1S/C18H19N7O2/c1-4-11-5-13(7-19)20-8-12(11)9-21-15-6-14-16(22-10-25(14)2)17(23-15)24-18(26)27-3/h5-6,8,10H,4,9H2,1-3H3,(H2,21,23,24,26). The molecular formula is C18H19N7O2. The highest BCUT2D eigenvalue weighted by Gasteiger charge is 2.13. The monoisotopic (exact) mass is 365 g/mol. The number of pyridine rings is 2.